The molecule has 1 saturated heterocycles. The van der Waals surface area contributed by atoms with Gasteiger partial charge in [-0.25, -0.2) is 15.0 Å². The van der Waals surface area contributed by atoms with Crippen LogP contribution in [-0.4, -0.2) is 38.9 Å². The van der Waals surface area contributed by atoms with Crippen molar-refractivity contribution in [2.75, 3.05) is 18.0 Å². The predicted octanol–water partition coefficient (Wildman–Crippen LogP) is 3.53. The molecule has 3 aromatic heterocycles. The number of rotatable bonds is 5. The summed E-state index contributed by atoms with van der Waals surface area (Å²) in [7, 11) is 0. The number of nitrogens with zero attached hydrogens (tertiary/aromatic N) is 5. The smallest absolute Gasteiger partial charge is 0.255 e. The van der Waals surface area contributed by atoms with Gasteiger partial charge < -0.3 is 10.2 Å². The first kappa shape index (κ1) is 19.4. The Kier molecular flexibility index (Phi) is 5.80. The molecule has 7 nitrogen and oxygen atoms in total. The number of pyridine rings is 1. The van der Waals surface area contributed by atoms with E-state index in [4.69, 9.17) is 4.98 Å². The molecule has 4 heterocycles. The maximum Gasteiger partial charge on any atom is 0.255 e. The molecule has 1 amide bonds. The largest absolute Gasteiger partial charge is 0.345 e. The van der Waals surface area contributed by atoms with Crippen LogP contribution in [0.4, 0.5) is 5.95 Å². The van der Waals surface area contributed by atoms with Crippen LogP contribution in [0.3, 0.4) is 0 Å². The summed E-state index contributed by atoms with van der Waals surface area (Å²) < 4.78 is 0. The molecule has 29 heavy (non-hydrogen) atoms. The Hall–Kier alpha value is -2.87. The third-order valence-electron chi connectivity index (χ3n) is 5.07. The van der Waals surface area contributed by atoms with Crippen molar-refractivity contribution >= 4 is 23.2 Å². The molecular formula is C21H24N6OS. The van der Waals surface area contributed by atoms with Crippen molar-refractivity contribution in [1.29, 1.82) is 0 Å². The average molecular weight is 409 g/mol. The lowest BCUT2D eigenvalue weighted by atomic mass is 10.1. The van der Waals surface area contributed by atoms with Crippen LogP contribution in [0.25, 0.3) is 11.3 Å². The first-order valence-corrected chi connectivity index (χ1v) is 10.7. The van der Waals surface area contributed by atoms with Crippen LogP contribution in [0.1, 0.15) is 45.2 Å². The summed E-state index contributed by atoms with van der Waals surface area (Å²) in [5.41, 5.74) is 2.87. The van der Waals surface area contributed by atoms with Gasteiger partial charge in [0.25, 0.3) is 5.91 Å². The van der Waals surface area contributed by atoms with Crippen molar-refractivity contribution in [2.45, 2.75) is 39.7 Å². The fourth-order valence-electron chi connectivity index (χ4n) is 3.37. The third kappa shape index (κ3) is 4.42. The van der Waals surface area contributed by atoms with Gasteiger partial charge in [0.2, 0.25) is 5.95 Å². The number of hydrogen-bond acceptors (Lipinski definition) is 7. The summed E-state index contributed by atoms with van der Waals surface area (Å²) >= 11 is 1.60. The van der Waals surface area contributed by atoms with Crippen LogP contribution in [0.15, 0.2) is 30.7 Å². The minimum atomic E-state index is -0.209. The summed E-state index contributed by atoms with van der Waals surface area (Å²) in [4.78, 5) is 34.2. The monoisotopic (exact) mass is 408 g/mol. The molecule has 4 rings (SSSR count). The minimum Gasteiger partial charge on any atom is -0.345 e. The zero-order valence-corrected chi connectivity index (χ0v) is 17.5. The van der Waals surface area contributed by atoms with E-state index in [9.17, 15) is 4.79 Å². The quantitative estimate of drug-likeness (QED) is 0.695. The van der Waals surface area contributed by atoms with Gasteiger partial charge in [-0.2, -0.15) is 0 Å². The molecule has 0 bridgehead atoms. The van der Waals surface area contributed by atoms with Crippen molar-refractivity contribution in [2.24, 2.45) is 0 Å². The van der Waals surface area contributed by atoms with E-state index in [2.05, 4.69) is 25.2 Å². The molecule has 0 atom stereocenters. The van der Waals surface area contributed by atoms with E-state index in [1.54, 1.807) is 29.9 Å². The summed E-state index contributed by atoms with van der Waals surface area (Å²) in [5.74, 6) is 0.464. The highest BCUT2D eigenvalue weighted by Gasteiger charge is 2.20. The lowest BCUT2D eigenvalue weighted by Crippen LogP contribution is -2.31. The van der Waals surface area contributed by atoms with Crippen LogP contribution in [0.2, 0.25) is 0 Å². The van der Waals surface area contributed by atoms with Gasteiger partial charge in [0.1, 0.15) is 5.01 Å². The van der Waals surface area contributed by atoms with Gasteiger partial charge in [0, 0.05) is 42.1 Å². The second kappa shape index (κ2) is 8.65. The number of nitrogens with one attached hydrogen (secondary N) is 1. The Morgan fingerprint density at radius 3 is 2.69 bits per heavy atom. The molecule has 1 aliphatic heterocycles. The van der Waals surface area contributed by atoms with Gasteiger partial charge in [0.05, 0.1) is 23.5 Å². The van der Waals surface area contributed by atoms with Crippen LogP contribution in [-0.2, 0) is 6.54 Å². The van der Waals surface area contributed by atoms with Crippen molar-refractivity contribution in [1.82, 2.24) is 25.3 Å². The summed E-state index contributed by atoms with van der Waals surface area (Å²) in [5, 5.41) is 3.85. The fourth-order valence-corrected chi connectivity index (χ4v) is 4.25. The van der Waals surface area contributed by atoms with E-state index < -0.39 is 0 Å². The van der Waals surface area contributed by atoms with Crippen LogP contribution >= 0.6 is 11.3 Å². The van der Waals surface area contributed by atoms with Crippen molar-refractivity contribution in [3.63, 3.8) is 0 Å². The van der Waals surface area contributed by atoms with Crippen LogP contribution < -0.4 is 10.2 Å². The Balaban J connectivity index is 1.61. The second-order valence-corrected chi connectivity index (χ2v) is 8.44. The van der Waals surface area contributed by atoms with Gasteiger partial charge in [-0.3, -0.25) is 9.78 Å². The summed E-state index contributed by atoms with van der Waals surface area (Å²) in [6.07, 6.45) is 8.59. The number of anilines is 1. The van der Waals surface area contributed by atoms with E-state index in [-0.39, 0.29) is 5.91 Å². The Labute approximate surface area is 174 Å². The number of carbonyl (C=O) groups excluding carboxylic acids is 1. The standard InChI is InChI=1S/C21H24N6OS/c1-14-15(2)29-18(25-14)13-23-20(28)17-12-24-21(27-9-4-3-5-10-27)26-19(17)16-7-6-8-22-11-16/h6-8,11-12H,3-5,9-10,13H2,1-2H3,(H,23,28). The molecular weight excluding hydrogens is 384 g/mol. The molecule has 0 aromatic carbocycles. The molecule has 0 saturated carbocycles. The van der Waals surface area contributed by atoms with Crippen molar-refractivity contribution in [3.8, 4) is 11.3 Å². The van der Waals surface area contributed by atoms with E-state index in [1.807, 2.05) is 26.0 Å². The minimum absolute atomic E-state index is 0.209. The topological polar surface area (TPSA) is 83.9 Å². The van der Waals surface area contributed by atoms with Crippen molar-refractivity contribution in [3.05, 3.63) is 51.9 Å². The SMILES string of the molecule is Cc1nc(CNC(=O)c2cnc(N3CCCCC3)nc2-c2cccnc2)sc1C. The van der Waals surface area contributed by atoms with Gasteiger partial charge in [0.15, 0.2) is 0 Å². The van der Waals surface area contributed by atoms with Gasteiger partial charge in [-0.1, -0.05) is 0 Å². The molecule has 3 aromatic rings. The number of amides is 1. The van der Waals surface area contributed by atoms with Gasteiger partial charge in [-0.05, 0) is 45.2 Å². The maximum atomic E-state index is 12.9. The predicted molar refractivity (Wildman–Crippen MR) is 114 cm³/mol. The van der Waals surface area contributed by atoms with E-state index in [1.165, 1.54) is 11.3 Å². The zero-order chi connectivity index (χ0) is 20.2. The number of aromatic nitrogens is 4. The second-order valence-electron chi connectivity index (χ2n) is 7.15. The highest BCUT2D eigenvalue weighted by Crippen LogP contribution is 2.24. The van der Waals surface area contributed by atoms with E-state index >= 15 is 0 Å². The average Bonchev–Trinajstić information content (AvgIpc) is 3.10. The number of hydrogen-bond donors (Lipinski definition) is 1. The molecule has 0 spiro atoms. The van der Waals surface area contributed by atoms with E-state index in [0.717, 1.165) is 42.2 Å². The highest BCUT2D eigenvalue weighted by molar-refractivity contribution is 7.11. The summed E-state index contributed by atoms with van der Waals surface area (Å²) in [6, 6.07) is 3.76. The third-order valence-corrected chi connectivity index (χ3v) is 6.14. The molecule has 0 unspecified atom stereocenters. The lowest BCUT2D eigenvalue weighted by Gasteiger charge is -2.27. The molecule has 1 aliphatic rings. The number of thiazole rings is 1. The maximum absolute atomic E-state index is 12.9. The number of carbonyl (C=O) groups is 1. The fraction of sp³-hybridized carbons (Fsp3) is 0.381. The Bertz CT molecular complexity index is 978. The lowest BCUT2D eigenvalue weighted by molar-refractivity contribution is 0.0951. The van der Waals surface area contributed by atoms with E-state index in [0.29, 0.717) is 23.8 Å². The molecule has 1 N–H and O–H groups in total. The molecule has 0 aliphatic carbocycles. The Morgan fingerprint density at radius 2 is 2.00 bits per heavy atom. The van der Waals surface area contributed by atoms with Crippen LogP contribution in [0, 0.1) is 13.8 Å². The number of piperidine rings is 1. The van der Waals surface area contributed by atoms with Crippen LogP contribution in [0.5, 0.6) is 0 Å². The first-order chi connectivity index (χ1) is 14.1. The molecule has 150 valence electrons. The molecule has 1 fully saturated rings. The highest BCUT2D eigenvalue weighted by atomic mass is 32.1. The molecule has 8 heteroatoms. The zero-order valence-electron chi connectivity index (χ0n) is 16.7. The van der Waals surface area contributed by atoms with Gasteiger partial charge >= 0.3 is 0 Å². The first-order valence-electron chi connectivity index (χ1n) is 9.85. The Morgan fingerprint density at radius 1 is 1.17 bits per heavy atom. The normalized spacial score (nSPS) is 14.1. The van der Waals surface area contributed by atoms with Gasteiger partial charge in [-0.15, -0.1) is 11.3 Å². The number of aryl methyl sites for hydroxylation is 2. The summed E-state index contributed by atoms with van der Waals surface area (Å²) in [6.45, 7) is 6.29. The van der Waals surface area contributed by atoms with Crippen molar-refractivity contribution < 1.29 is 4.79 Å². The molecule has 0 radical (unpaired) electrons.